The normalized spacial score (nSPS) is 15.5. The second-order valence-electron chi connectivity index (χ2n) is 6.23. The Morgan fingerprint density at radius 1 is 1.12 bits per heavy atom. The molecule has 0 atom stereocenters. The summed E-state index contributed by atoms with van der Waals surface area (Å²) in [6.45, 7) is 8.44. The molecule has 0 saturated carbocycles. The first kappa shape index (κ1) is 18.6. The van der Waals surface area contributed by atoms with Crippen LogP contribution in [0.5, 0.6) is 5.75 Å². The fourth-order valence-corrected chi connectivity index (χ4v) is 2.92. The highest BCUT2D eigenvalue weighted by Crippen LogP contribution is 2.11. The number of nitrogens with one attached hydrogen (secondary N) is 2. The number of hydrogen-bond donors (Lipinski definition) is 2. The van der Waals surface area contributed by atoms with Crippen molar-refractivity contribution in [1.29, 1.82) is 0 Å². The molecule has 1 aromatic carbocycles. The highest BCUT2D eigenvalue weighted by atomic mass is 16.5. The maximum absolute atomic E-state index is 5.18. The second-order valence-corrected chi connectivity index (χ2v) is 6.23. The van der Waals surface area contributed by atoms with Gasteiger partial charge >= 0.3 is 0 Å². The molecular weight excluding hydrogens is 300 g/mol. The van der Waals surface area contributed by atoms with Gasteiger partial charge in [0.25, 0.3) is 0 Å². The number of nitrogens with zero attached hydrogens (tertiary/aromatic N) is 2. The highest BCUT2D eigenvalue weighted by molar-refractivity contribution is 5.79. The van der Waals surface area contributed by atoms with Gasteiger partial charge in [0.2, 0.25) is 0 Å². The quantitative estimate of drug-likeness (QED) is 0.415. The molecule has 1 aliphatic rings. The zero-order valence-electron chi connectivity index (χ0n) is 15.2. The van der Waals surface area contributed by atoms with Gasteiger partial charge in [-0.1, -0.05) is 12.1 Å². The van der Waals surface area contributed by atoms with Crippen LogP contribution in [0.25, 0.3) is 0 Å². The largest absolute Gasteiger partial charge is 0.497 e. The Hall–Kier alpha value is -1.75. The van der Waals surface area contributed by atoms with E-state index in [4.69, 9.17) is 4.74 Å². The third kappa shape index (κ3) is 6.79. The van der Waals surface area contributed by atoms with E-state index in [0.29, 0.717) is 6.54 Å². The zero-order chi connectivity index (χ0) is 17.0. The van der Waals surface area contributed by atoms with Crippen LogP contribution in [0.4, 0.5) is 0 Å². The van der Waals surface area contributed by atoms with Crippen LogP contribution in [-0.2, 0) is 6.54 Å². The number of hydrogen-bond acceptors (Lipinski definition) is 3. The van der Waals surface area contributed by atoms with Crippen LogP contribution in [-0.4, -0.2) is 50.7 Å². The molecule has 5 nitrogen and oxygen atoms in total. The number of benzene rings is 1. The van der Waals surface area contributed by atoms with Crippen molar-refractivity contribution in [3.8, 4) is 5.75 Å². The molecule has 0 aliphatic carbocycles. The third-order valence-electron chi connectivity index (χ3n) is 4.32. The molecule has 2 rings (SSSR count). The van der Waals surface area contributed by atoms with Gasteiger partial charge < -0.3 is 20.3 Å². The van der Waals surface area contributed by atoms with Crippen molar-refractivity contribution >= 4 is 5.96 Å². The molecule has 2 N–H and O–H groups in total. The topological polar surface area (TPSA) is 48.9 Å². The maximum atomic E-state index is 5.18. The fraction of sp³-hybridized carbons (Fsp3) is 0.632. The SMILES string of the molecule is CCNC(=NCc1ccc(OC)cc1)NCCCCN1CCCC1. The summed E-state index contributed by atoms with van der Waals surface area (Å²) in [5.74, 6) is 1.78. The van der Waals surface area contributed by atoms with Gasteiger partial charge in [0.1, 0.15) is 5.75 Å². The number of likely N-dealkylation sites (tertiary alicyclic amines) is 1. The van der Waals surface area contributed by atoms with Crippen LogP contribution < -0.4 is 15.4 Å². The average Bonchev–Trinajstić information content (AvgIpc) is 3.13. The summed E-state index contributed by atoms with van der Waals surface area (Å²) in [6, 6.07) is 8.07. The van der Waals surface area contributed by atoms with Gasteiger partial charge in [0, 0.05) is 13.1 Å². The van der Waals surface area contributed by atoms with Crippen molar-refractivity contribution in [3.05, 3.63) is 29.8 Å². The number of rotatable bonds is 9. The van der Waals surface area contributed by atoms with Crippen LogP contribution in [0.3, 0.4) is 0 Å². The molecule has 0 unspecified atom stereocenters. The number of aliphatic imine (C=N–C) groups is 1. The lowest BCUT2D eigenvalue weighted by Gasteiger charge is -2.15. The first-order valence-electron chi connectivity index (χ1n) is 9.19. The van der Waals surface area contributed by atoms with E-state index in [2.05, 4.69) is 39.6 Å². The minimum atomic E-state index is 0.674. The molecule has 0 bridgehead atoms. The molecule has 5 heteroatoms. The minimum Gasteiger partial charge on any atom is -0.497 e. The average molecular weight is 332 g/mol. The molecule has 0 spiro atoms. The molecule has 0 amide bonds. The van der Waals surface area contributed by atoms with Crippen LogP contribution in [0, 0.1) is 0 Å². The van der Waals surface area contributed by atoms with Gasteiger partial charge in [0.05, 0.1) is 13.7 Å². The van der Waals surface area contributed by atoms with Crippen molar-refractivity contribution in [2.24, 2.45) is 4.99 Å². The molecule has 134 valence electrons. The molecule has 0 radical (unpaired) electrons. The summed E-state index contributed by atoms with van der Waals surface area (Å²) < 4.78 is 5.18. The lowest BCUT2D eigenvalue weighted by atomic mass is 10.2. The summed E-state index contributed by atoms with van der Waals surface area (Å²) in [4.78, 5) is 7.23. The van der Waals surface area contributed by atoms with E-state index in [-0.39, 0.29) is 0 Å². The zero-order valence-corrected chi connectivity index (χ0v) is 15.2. The van der Waals surface area contributed by atoms with Gasteiger partial charge in [-0.15, -0.1) is 0 Å². The molecule has 1 aliphatic heterocycles. The molecular formula is C19H32N4O. The summed E-state index contributed by atoms with van der Waals surface area (Å²) in [5.41, 5.74) is 1.18. The van der Waals surface area contributed by atoms with E-state index >= 15 is 0 Å². The summed E-state index contributed by atoms with van der Waals surface area (Å²) in [7, 11) is 1.68. The lowest BCUT2D eigenvalue weighted by molar-refractivity contribution is 0.330. The molecule has 1 saturated heterocycles. The van der Waals surface area contributed by atoms with Crippen molar-refractivity contribution in [2.75, 3.05) is 39.8 Å². The second kappa shape index (κ2) is 10.9. The van der Waals surface area contributed by atoms with Crippen LogP contribution in [0.15, 0.2) is 29.3 Å². The summed E-state index contributed by atoms with van der Waals surface area (Å²) >= 11 is 0. The Kier molecular flexibility index (Phi) is 8.46. The van der Waals surface area contributed by atoms with E-state index in [9.17, 15) is 0 Å². The maximum Gasteiger partial charge on any atom is 0.191 e. The Labute approximate surface area is 146 Å². The summed E-state index contributed by atoms with van der Waals surface area (Å²) in [5, 5.41) is 6.75. The Bertz CT molecular complexity index is 481. The monoisotopic (exact) mass is 332 g/mol. The predicted octanol–water partition coefficient (Wildman–Crippen LogP) is 2.63. The van der Waals surface area contributed by atoms with E-state index in [1.165, 1.54) is 50.9 Å². The fourth-order valence-electron chi connectivity index (χ4n) is 2.92. The van der Waals surface area contributed by atoms with Crippen LogP contribution >= 0.6 is 0 Å². The van der Waals surface area contributed by atoms with Gasteiger partial charge in [-0.2, -0.15) is 0 Å². The Balaban J connectivity index is 1.69. The highest BCUT2D eigenvalue weighted by Gasteiger charge is 2.10. The van der Waals surface area contributed by atoms with E-state index in [1.54, 1.807) is 7.11 Å². The smallest absolute Gasteiger partial charge is 0.191 e. The van der Waals surface area contributed by atoms with E-state index < -0.39 is 0 Å². The molecule has 1 heterocycles. The number of ether oxygens (including phenoxy) is 1. The first-order chi connectivity index (χ1) is 11.8. The van der Waals surface area contributed by atoms with Crippen molar-refractivity contribution < 1.29 is 4.74 Å². The molecule has 0 aromatic heterocycles. The van der Waals surface area contributed by atoms with Gasteiger partial charge in [-0.3, -0.25) is 0 Å². The minimum absolute atomic E-state index is 0.674. The van der Waals surface area contributed by atoms with Crippen LogP contribution in [0.1, 0.15) is 38.2 Å². The summed E-state index contributed by atoms with van der Waals surface area (Å²) in [6.07, 6.45) is 5.19. The molecule has 24 heavy (non-hydrogen) atoms. The first-order valence-corrected chi connectivity index (χ1v) is 9.19. The molecule has 1 fully saturated rings. The Morgan fingerprint density at radius 2 is 1.88 bits per heavy atom. The van der Waals surface area contributed by atoms with Crippen molar-refractivity contribution in [2.45, 2.75) is 39.2 Å². The van der Waals surface area contributed by atoms with Crippen molar-refractivity contribution in [1.82, 2.24) is 15.5 Å². The third-order valence-corrected chi connectivity index (χ3v) is 4.32. The lowest BCUT2D eigenvalue weighted by Crippen LogP contribution is -2.38. The number of methoxy groups -OCH3 is 1. The van der Waals surface area contributed by atoms with E-state index in [1.807, 2.05) is 12.1 Å². The van der Waals surface area contributed by atoms with Gasteiger partial charge in [0.15, 0.2) is 5.96 Å². The number of guanidine groups is 1. The van der Waals surface area contributed by atoms with Crippen LogP contribution in [0.2, 0.25) is 0 Å². The van der Waals surface area contributed by atoms with Gasteiger partial charge in [-0.25, -0.2) is 4.99 Å². The van der Waals surface area contributed by atoms with E-state index in [0.717, 1.165) is 24.8 Å². The number of unbranched alkanes of at least 4 members (excludes halogenated alkanes) is 1. The predicted molar refractivity (Wildman–Crippen MR) is 101 cm³/mol. The molecule has 1 aromatic rings. The Morgan fingerprint density at radius 3 is 2.54 bits per heavy atom. The van der Waals surface area contributed by atoms with Crippen molar-refractivity contribution in [3.63, 3.8) is 0 Å². The van der Waals surface area contributed by atoms with Gasteiger partial charge in [-0.05, 0) is 69.9 Å². The standard InChI is InChI=1S/C19H32N4O/c1-3-20-19(21-12-4-5-13-23-14-6-7-15-23)22-16-17-8-10-18(24-2)11-9-17/h8-11H,3-7,12-16H2,1-2H3,(H2,20,21,22).